The van der Waals surface area contributed by atoms with Gasteiger partial charge in [0.05, 0.1) is 19.3 Å². The predicted molar refractivity (Wildman–Crippen MR) is 236 cm³/mol. The zero-order chi connectivity index (χ0) is 43.7. The van der Waals surface area contributed by atoms with Gasteiger partial charge in [0.15, 0.2) is 6.10 Å². The van der Waals surface area contributed by atoms with Crippen molar-refractivity contribution in [3.63, 3.8) is 0 Å². The minimum atomic E-state index is -4.76. The molecule has 0 aromatic rings. The van der Waals surface area contributed by atoms with Gasteiger partial charge in [0, 0.05) is 12.8 Å². The summed E-state index contributed by atoms with van der Waals surface area (Å²) in [6.45, 7) is 2.38. The number of unbranched alkanes of at least 4 members (excludes halogenated alkanes) is 5. The van der Waals surface area contributed by atoms with Crippen LogP contribution in [0.25, 0.3) is 0 Å². The summed E-state index contributed by atoms with van der Waals surface area (Å²) in [5.74, 6) is -2.55. The predicted octanol–water partition coefficient (Wildman–Crippen LogP) is 10.0. The number of carbonyl (C=O) groups excluding carboxylic acids is 2. The number of nitrogens with two attached hydrogens (primary N) is 1. The van der Waals surface area contributed by atoms with Gasteiger partial charge in [-0.2, -0.15) is 0 Å². The molecule has 0 spiro atoms. The number of carboxylic acids is 1. The van der Waals surface area contributed by atoms with Crippen LogP contribution < -0.4 is 5.73 Å². The number of carboxylic acid groups (broad SMARTS) is 1. The Morgan fingerprint density at radius 3 is 1.73 bits per heavy atom. The molecule has 5 N–H and O–H groups in total. The molecule has 0 heterocycles. The van der Waals surface area contributed by atoms with Gasteiger partial charge in [-0.3, -0.25) is 23.4 Å². The van der Waals surface area contributed by atoms with Crippen molar-refractivity contribution in [3.8, 4) is 0 Å². The average Bonchev–Trinajstić information content (AvgIpc) is 3.21. The third-order valence-corrected chi connectivity index (χ3v) is 9.05. The van der Waals surface area contributed by atoms with Crippen molar-refractivity contribution in [2.24, 2.45) is 5.73 Å². The van der Waals surface area contributed by atoms with E-state index < -0.39 is 63.8 Å². The third kappa shape index (κ3) is 39.3. The number of esters is 2. The van der Waals surface area contributed by atoms with Crippen molar-refractivity contribution in [2.45, 2.75) is 141 Å². The largest absolute Gasteiger partial charge is 0.480 e. The zero-order valence-electron chi connectivity index (χ0n) is 35.4. The van der Waals surface area contributed by atoms with Crippen molar-refractivity contribution in [1.82, 2.24) is 0 Å². The topological polar surface area (TPSA) is 192 Å². The Morgan fingerprint density at radius 2 is 1.12 bits per heavy atom. The van der Waals surface area contributed by atoms with Crippen LogP contribution in [0.3, 0.4) is 0 Å². The lowest BCUT2D eigenvalue weighted by Gasteiger charge is -2.20. The number of aliphatic carboxylic acids is 1. The van der Waals surface area contributed by atoms with Gasteiger partial charge >= 0.3 is 25.7 Å². The Bertz CT molecular complexity index is 1430. The highest BCUT2D eigenvalue weighted by Gasteiger charge is 2.28. The number of ether oxygens (including phenoxy) is 2. The summed E-state index contributed by atoms with van der Waals surface area (Å²) in [5.41, 5.74) is 5.32. The highest BCUT2D eigenvalue weighted by atomic mass is 31.2. The van der Waals surface area contributed by atoms with Crippen molar-refractivity contribution in [1.29, 1.82) is 0 Å². The summed E-state index contributed by atoms with van der Waals surface area (Å²) in [6.07, 6.45) is 47.6. The molecular weight excluding hydrogens is 773 g/mol. The summed E-state index contributed by atoms with van der Waals surface area (Å²) in [7, 11) is -4.76. The van der Waals surface area contributed by atoms with Crippen molar-refractivity contribution in [3.05, 3.63) is 109 Å². The van der Waals surface area contributed by atoms with Gasteiger partial charge in [-0.25, -0.2) is 4.57 Å². The highest BCUT2D eigenvalue weighted by Crippen LogP contribution is 2.43. The molecule has 0 aliphatic rings. The van der Waals surface area contributed by atoms with Gasteiger partial charge in [-0.05, 0) is 83.5 Å². The van der Waals surface area contributed by atoms with Gasteiger partial charge in [0.2, 0.25) is 0 Å². The van der Waals surface area contributed by atoms with E-state index in [1.165, 1.54) is 0 Å². The highest BCUT2D eigenvalue weighted by molar-refractivity contribution is 7.47. The zero-order valence-corrected chi connectivity index (χ0v) is 36.3. The van der Waals surface area contributed by atoms with E-state index in [4.69, 9.17) is 24.8 Å². The number of carbonyl (C=O) groups is 3. The summed E-state index contributed by atoms with van der Waals surface area (Å²) in [5, 5.41) is 18.9. The lowest BCUT2D eigenvalue weighted by atomic mass is 10.1. The Morgan fingerprint density at radius 1 is 0.610 bits per heavy atom. The first-order chi connectivity index (χ1) is 28.5. The number of rotatable bonds is 37. The van der Waals surface area contributed by atoms with Crippen LogP contribution in [0.1, 0.15) is 123 Å². The van der Waals surface area contributed by atoms with Crippen molar-refractivity contribution >= 4 is 25.7 Å². The lowest BCUT2D eigenvalue weighted by molar-refractivity contribution is -0.161. The quantitative estimate of drug-likeness (QED) is 0.0152. The van der Waals surface area contributed by atoms with Gasteiger partial charge in [0.25, 0.3) is 0 Å². The smallest absolute Gasteiger partial charge is 0.472 e. The maximum Gasteiger partial charge on any atom is 0.472 e. The Kier molecular flexibility index (Phi) is 36.9. The summed E-state index contributed by atoms with van der Waals surface area (Å²) >= 11 is 0. The van der Waals surface area contributed by atoms with E-state index in [-0.39, 0.29) is 12.8 Å². The maximum absolute atomic E-state index is 12.6. The minimum absolute atomic E-state index is 0.0985. The van der Waals surface area contributed by atoms with E-state index in [9.17, 15) is 28.9 Å². The van der Waals surface area contributed by atoms with E-state index in [2.05, 4.69) is 79.1 Å². The first-order valence-electron chi connectivity index (χ1n) is 21.0. The molecule has 0 radical (unpaired) electrons. The number of phosphoric ester groups is 1. The fourth-order valence-electron chi connectivity index (χ4n) is 4.82. The lowest BCUT2D eigenvalue weighted by Crippen LogP contribution is -2.34. The maximum atomic E-state index is 12.6. The number of allylic oxidation sites excluding steroid dienone is 16. The summed E-state index contributed by atoms with van der Waals surface area (Å²) in [6, 6.07) is -1.55. The van der Waals surface area contributed by atoms with Crippen molar-refractivity contribution < 1.29 is 52.6 Å². The fraction of sp³-hybridized carbons (Fsp3) is 0.543. The number of aliphatic hydroxyl groups is 1. The van der Waals surface area contributed by atoms with E-state index in [1.54, 1.807) is 6.08 Å². The molecule has 59 heavy (non-hydrogen) atoms. The van der Waals surface area contributed by atoms with E-state index in [0.29, 0.717) is 32.1 Å². The Labute approximate surface area is 353 Å². The van der Waals surface area contributed by atoms with Gasteiger partial charge < -0.3 is 30.3 Å². The fourth-order valence-corrected chi connectivity index (χ4v) is 5.60. The molecule has 0 aromatic heterocycles. The van der Waals surface area contributed by atoms with Gasteiger partial charge in [0.1, 0.15) is 12.6 Å². The monoisotopic (exact) mass is 845 g/mol. The second-order valence-corrected chi connectivity index (χ2v) is 15.0. The van der Waals surface area contributed by atoms with Crippen LogP contribution in [-0.2, 0) is 37.5 Å². The van der Waals surface area contributed by atoms with E-state index in [1.807, 2.05) is 42.5 Å². The molecule has 332 valence electrons. The average molecular weight is 846 g/mol. The van der Waals surface area contributed by atoms with Crippen LogP contribution in [0.2, 0.25) is 0 Å². The van der Waals surface area contributed by atoms with Crippen LogP contribution in [0.5, 0.6) is 0 Å². The number of phosphoric acid groups is 1. The molecule has 0 fully saturated rings. The summed E-state index contributed by atoms with van der Waals surface area (Å²) in [4.78, 5) is 45.9. The van der Waals surface area contributed by atoms with Crippen LogP contribution in [-0.4, -0.2) is 71.1 Å². The molecule has 0 rings (SSSR count). The number of hydrogen-bond acceptors (Lipinski definition) is 10. The molecule has 0 bridgehead atoms. The molecule has 0 aromatic carbocycles. The van der Waals surface area contributed by atoms with Crippen LogP contribution in [0, 0.1) is 0 Å². The number of hydrogen-bond donors (Lipinski definition) is 4. The Hall–Kier alpha value is -3.90. The molecule has 0 amide bonds. The van der Waals surface area contributed by atoms with Gasteiger partial charge in [-0.15, -0.1) is 0 Å². The summed E-state index contributed by atoms with van der Waals surface area (Å²) < 4.78 is 32.5. The van der Waals surface area contributed by atoms with Crippen LogP contribution in [0.15, 0.2) is 109 Å². The molecule has 13 heteroatoms. The molecule has 0 saturated heterocycles. The van der Waals surface area contributed by atoms with E-state index >= 15 is 0 Å². The Balaban J connectivity index is 4.61. The second-order valence-electron chi connectivity index (χ2n) is 13.6. The number of aliphatic hydroxyl groups excluding tert-OH is 1. The SMILES string of the molecule is CC/C=C\C/C=C\C/C=C\C/C=C\CCCCCCC(=O)O[C@H](COC(=O)CCC/C=C\C/C=C\C=C\C(O)C/C=C\C/C=C\CC)COP(=O)(O)OC[C@H](N)C(=O)O. The third-order valence-electron chi connectivity index (χ3n) is 8.10. The first-order valence-corrected chi connectivity index (χ1v) is 22.5. The van der Waals surface area contributed by atoms with Gasteiger partial charge in [-0.1, -0.05) is 136 Å². The molecule has 4 atom stereocenters. The standard InChI is InChI=1S/C46H72NO11P/c1-3-5-7-9-11-12-13-14-15-16-17-18-19-20-25-29-33-37-45(50)58-42(39-56-59(53,54)57-40-43(47)46(51)52)38-55-44(49)36-32-28-24-22-21-23-27-31-35-41(48)34-30-26-10-8-6-4-2/h5-8,11-12,14-15,17-18,22-24,26-27,30-31,35,41-43,48H,3-4,9-10,13,16,19-21,25,28-29,32-34,36-40,47H2,1-2H3,(H,51,52)(H,53,54)/b7-5-,8-6-,12-11-,15-14-,18-17-,24-22-,27-23-,30-26-,35-31+/t41?,42-,43+/m1/s1. The molecule has 12 nitrogen and oxygen atoms in total. The minimum Gasteiger partial charge on any atom is -0.480 e. The molecule has 0 aliphatic heterocycles. The van der Waals surface area contributed by atoms with E-state index in [0.717, 1.165) is 64.2 Å². The van der Waals surface area contributed by atoms with Crippen molar-refractivity contribution in [2.75, 3.05) is 19.8 Å². The first kappa shape index (κ1) is 55.1. The molecule has 0 saturated carbocycles. The molecule has 2 unspecified atom stereocenters. The van der Waals surface area contributed by atoms with Crippen LogP contribution >= 0.6 is 7.82 Å². The normalized spacial score (nSPS) is 15.3. The molecular formula is C46H72NO11P. The molecule has 0 aliphatic carbocycles. The second kappa shape index (κ2) is 39.6. The van der Waals surface area contributed by atoms with Crippen LogP contribution in [0.4, 0.5) is 0 Å².